The fraction of sp³-hybridized carbons (Fsp3) is 0.0800. The molecule has 2 amide bonds. The summed E-state index contributed by atoms with van der Waals surface area (Å²) in [6, 6.07) is 23.0. The van der Waals surface area contributed by atoms with E-state index in [4.69, 9.17) is 0 Å². The minimum atomic E-state index is -0.570. The van der Waals surface area contributed by atoms with E-state index < -0.39 is 5.97 Å². The van der Waals surface area contributed by atoms with Gasteiger partial charge in [0.25, 0.3) is 5.91 Å². The Bertz CT molecular complexity index is 1340. The van der Waals surface area contributed by atoms with Crippen molar-refractivity contribution in [3.05, 3.63) is 96.3 Å². The highest BCUT2D eigenvalue weighted by atomic mass is 16.5. The summed E-state index contributed by atoms with van der Waals surface area (Å²) in [6.07, 6.45) is 1.47. The molecule has 0 atom stereocenters. The minimum absolute atomic E-state index is 0.0101. The van der Waals surface area contributed by atoms with Crippen molar-refractivity contribution < 1.29 is 19.1 Å². The number of hydrogen-bond donors (Lipinski definition) is 3. The number of benzene rings is 3. The van der Waals surface area contributed by atoms with Crippen LogP contribution in [0.3, 0.4) is 0 Å². The van der Waals surface area contributed by atoms with Crippen LogP contribution in [-0.2, 0) is 9.53 Å². The number of carbonyl (C=O) groups is 3. The molecule has 1 heterocycles. The first-order valence-electron chi connectivity index (χ1n) is 10.6. The fourth-order valence-electron chi connectivity index (χ4n) is 3.21. The molecule has 10 heteroatoms. The van der Waals surface area contributed by atoms with Gasteiger partial charge in [-0.15, -0.1) is 5.10 Å². The molecule has 4 aromatic rings. The molecular weight excluding hydrogens is 448 g/mol. The number of ether oxygens (including phenoxy) is 1. The molecule has 0 aliphatic heterocycles. The lowest BCUT2D eigenvalue weighted by Crippen LogP contribution is -2.24. The maximum absolute atomic E-state index is 12.7. The first-order valence-corrected chi connectivity index (χ1v) is 10.6. The molecule has 0 radical (unpaired) electrons. The van der Waals surface area contributed by atoms with Crippen LogP contribution in [0.15, 0.2) is 85.1 Å². The highest BCUT2D eigenvalue weighted by molar-refractivity contribution is 6.10. The lowest BCUT2D eigenvalue weighted by atomic mass is 10.1. The highest BCUT2D eigenvalue weighted by Gasteiger charge is 2.14. The second-order valence-corrected chi connectivity index (χ2v) is 7.35. The Morgan fingerprint density at radius 3 is 2.31 bits per heavy atom. The number of methoxy groups -OCH3 is 1. The van der Waals surface area contributed by atoms with Gasteiger partial charge in [-0.1, -0.05) is 35.5 Å². The second kappa shape index (κ2) is 10.8. The van der Waals surface area contributed by atoms with E-state index in [-0.39, 0.29) is 24.1 Å². The Morgan fingerprint density at radius 2 is 1.57 bits per heavy atom. The number of aromatic nitrogens is 3. The van der Waals surface area contributed by atoms with Gasteiger partial charge < -0.3 is 20.7 Å². The van der Waals surface area contributed by atoms with E-state index in [0.29, 0.717) is 28.3 Å². The van der Waals surface area contributed by atoms with Crippen molar-refractivity contribution in [1.82, 2.24) is 15.0 Å². The smallest absolute Gasteiger partial charge is 0.360 e. The third-order valence-electron chi connectivity index (χ3n) is 4.95. The molecule has 0 aliphatic carbocycles. The van der Waals surface area contributed by atoms with Crippen LogP contribution in [0.1, 0.15) is 20.8 Å². The van der Waals surface area contributed by atoms with Gasteiger partial charge in [0.1, 0.15) is 0 Å². The normalized spacial score (nSPS) is 10.3. The van der Waals surface area contributed by atoms with Crippen LogP contribution in [0.2, 0.25) is 0 Å². The van der Waals surface area contributed by atoms with Crippen molar-refractivity contribution in [2.45, 2.75) is 0 Å². The number of nitrogens with one attached hydrogen (secondary N) is 3. The van der Waals surface area contributed by atoms with Crippen LogP contribution in [0.25, 0.3) is 5.69 Å². The van der Waals surface area contributed by atoms with Crippen LogP contribution in [-0.4, -0.2) is 46.4 Å². The van der Waals surface area contributed by atoms with Gasteiger partial charge in [-0.2, -0.15) is 0 Å². The van der Waals surface area contributed by atoms with Crippen molar-refractivity contribution >= 4 is 34.8 Å². The molecule has 3 aromatic carbocycles. The fourth-order valence-corrected chi connectivity index (χ4v) is 3.21. The number of hydrogen-bond acceptors (Lipinski definition) is 7. The molecule has 0 unspecified atom stereocenters. The Balaban J connectivity index is 1.34. The summed E-state index contributed by atoms with van der Waals surface area (Å²) >= 11 is 0. The summed E-state index contributed by atoms with van der Waals surface area (Å²) in [4.78, 5) is 36.7. The van der Waals surface area contributed by atoms with Crippen LogP contribution >= 0.6 is 0 Å². The predicted molar refractivity (Wildman–Crippen MR) is 131 cm³/mol. The van der Waals surface area contributed by atoms with Crippen LogP contribution in [0.5, 0.6) is 0 Å². The number of carbonyl (C=O) groups excluding carboxylic acids is 3. The van der Waals surface area contributed by atoms with Gasteiger partial charge in [-0.3, -0.25) is 9.59 Å². The lowest BCUT2D eigenvalue weighted by Gasteiger charge is -2.12. The molecule has 0 spiro atoms. The number of amides is 2. The van der Waals surface area contributed by atoms with Gasteiger partial charge in [0.05, 0.1) is 36.8 Å². The largest absolute Gasteiger partial charge is 0.464 e. The number of nitrogens with zero attached hydrogens (tertiary/aromatic N) is 3. The van der Waals surface area contributed by atoms with Gasteiger partial charge in [0, 0.05) is 11.4 Å². The molecular formula is C25H22N6O4. The number of esters is 1. The molecule has 176 valence electrons. The lowest BCUT2D eigenvalue weighted by molar-refractivity contribution is -0.114. The molecule has 0 saturated heterocycles. The summed E-state index contributed by atoms with van der Waals surface area (Å²) in [5, 5.41) is 16.3. The van der Waals surface area contributed by atoms with Crippen molar-refractivity contribution in [2.75, 3.05) is 29.6 Å². The van der Waals surface area contributed by atoms with E-state index in [1.807, 2.05) is 18.2 Å². The number of para-hydroxylation sites is 2. The zero-order chi connectivity index (χ0) is 24.6. The Labute approximate surface area is 200 Å². The average molecular weight is 470 g/mol. The summed E-state index contributed by atoms with van der Waals surface area (Å²) < 4.78 is 6.07. The van der Waals surface area contributed by atoms with Crippen LogP contribution in [0, 0.1) is 0 Å². The minimum Gasteiger partial charge on any atom is -0.464 e. The quantitative estimate of drug-likeness (QED) is 0.337. The maximum atomic E-state index is 12.7. The van der Waals surface area contributed by atoms with Gasteiger partial charge in [-0.05, 0) is 48.5 Å². The van der Waals surface area contributed by atoms with E-state index in [9.17, 15) is 14.4 Å². The standard InChI is InChI=1S/C25H22N6O4/c1-35-25(34)22-16-31(30-29-22)19-13-11-17(12-14-19)26-15-23(32)28-21-10-6-5-9-20(21)24(33)27-18-7-3-2-4-8-18/h2-14,16,26H,15H2,1H3,(H,27,33)(H,28,32). The first-order chi connectivity index (χ1) is 17.0. The Hall–Kier alpha value is -4.99. The van der Waals surface area contributed by atoms with E-state index in [1.54, 1.807) is 60.7 Å². The third-order valence-corrected chi connectivity index (χ3v) is 4.95. The Kier molecular flexibility index (Phi) is 7.12. The summed E-state index contributed by atoms with van der Waals surface area (Å²) in [5.41, 5.74) is 2.91. The van der Waals surface area contributed by atoms with E-state index in [2.05, 4.69) is 31.0 Å². The SMILES string of the molecule is COC(=O)c1cn(-c2ccc(NCC(=O)Nc3ccccc3C(=O)Nc3ccccc3)cc2)nn1. The Morgan fingerprint density at radius 1 is 0.857 bits per heavy atom. The van der Waals surface area contributed by atoms with Crippen molar-refractivity contribution in [1.29, 1.82) is 0 Å². The molecule has 10 nitrogen and oxygen atoms in total. The van der Waals surface area contributed by atoms with E-state index in [1.165, 1.54) is 18.0 Å². The highest BCUT2D eigenvalue weighted by Crippen LogP contribution is 2.18. The third kappa shape index (κ3) is 5.88. The second-order valence-electron chi connectivity index (χ2n) is 7.35. The monoisotopic (exact) mass is 470 g/mol. The summed E-state index contributed by atoms with van der Waals surface area (Å²) in [5.74, 6) is -1.20. The molecule has 1 aromatic heterocycles. The maximum Gasteiger partial charge on any atom is 0.360 e. The average Bonchev–Trinajstić information content (AvgIpc) is 3.39. The van der Waals surface area contributed by atoms with E-state index in [0.717, 1.165) is 0 Å². The molecule has 4 rings (SSSR count). The van der Waals surface area contributed by atoms with Gasteiger partial charge >= 0.3 is 5.97 Å². The summed E-state index contributed by atoms with van der Waals surface area (Å²) in [6.45, 7) is -0.0101. The number of rotatable bonds is 8. The molecule has 0 bridgehead atoms. The topological polar surface area (TPSA) is 127 Å². The molecule has 3 N–H and O–H groups in total. The van der Waals surface area contributed by atoms with Gasteiger partial charge in [0.15, 0.2) is 5.69 Å². The van der Waals surface area contributed by atoms with Crippen molar-refractivity contribution in [3.8, 4) is 5.69 Å². The van der Waals surface area contributed by atoms with Crippen LogP contribution < -0.4 is 16.0 Å². The first kappa shape index (κ1) is 23.2. The molecule has 0 fully saturated rings. The molecule has 35 heavy (non-hydrogen) atoms. The van der Waals surface area contributed by atoms with Crippen molar-refractivity contribution in [2.24, 2.45) is 0 Å². The van der Waals surface area contributed by atoms with Crippen LogP contribution in [0.4, 0.5) is 17.1 Å². The zero-order valence-electron chi connectivity index (χ0n) is 18.8. The van der Waals surface area contributed by atoms with Gasteiger partial charge in [0.2, 0.25) is 5.91 Å². The number of anilines is 3. The van der Waals surface area contributed by atoms with E-state index >= 15 is 0 Å². The molecule has 0 saturated carbocycles. The van der Waals surface area contributed by atoms with Gasteiger partial charge in [-0.25, -0.2) is 9.48 Å². The summed E-state index contributed by atoms with van der Waals surface area (Å²) in [7, 11) is 1.27. The van der Waals surface area contributed by atoms with Crippen molar-refractivity contribution in [3.63, 3.8) is 0 Å². The predicted octanol–water partition coefficient (Wildman–Crippen LogP) is 3.36. The molecule has 0 aliphatic rings. The zero-order valence-corrected chi connectivity index (χ0v) is 18.8.